The van der Waals surface area contributed by atoms with Crippen molar-refractivity contribution in [3.8, 4) is 0 Å². The minimum atomic E-state index is -0.154. The van der Waals surface area contributed by atoms with Crippen LogP contribution in [0.5, 0.6) is 0 Å². The highest BCUT2D eigenvalue weighted by Gasteiger charge is 2.06. The van der Waals surface area contributed by atoms with E-state index in [0.717, 1.165) is 0 Å². The number of hydrogen-bond donors (Lipinski definition) is 1. The number of rotatable bonds is 10. The average Bonchev–Trinajstić information content (AvgIpc) is 2.30. The van der Waals surface area contributed by atoms with Crippen molar-refractivity contribution in [1.82, 2.24) is 5.32 Å². The van der Waals surface area contributed by atoms with Gasteiger partial charge in [-0.1, -0.05) is 13.8 Å². The molecule has 0 spiro atoms. The molecule has 0 aliphatic heterocycles. The number of ketones is 1. The fraction of sp³-hybridized carbons (Fsp3) is 0.750. The fourth-order valence-corrected chi connectivity index (χ4v) is 1.10. The molecule has 0 unspecified atom stereocenters. The topological polar surface area (TPSA) is 72.5 Å². The maximum Gasteiger partial charge on any atom is 0.220 e. The van der Waals surface area contributed by atoms with E-state index in [1.165, 1.54) is 0 Å². The van der Waals surface area contributed by atoms with Gasteiger partial charge in [0.25, 0.3) is 0 Å². The highest BCUT2D eigenvalue weighted by Crippen LogP contribution is 1.98. The van der Waals surface area contributed by atoms with E-state index in [4.69, 9.17) is 4.74 Å². The summed E-state index contributed by atoms with van der Waals surface area (Å²) in [7, 11) is 0. The number of ether oxygens (including phenoxy) is 1. The van der Waals surface area contributed by atoms with Crippen LogP contribution in [0.3, 0.4) is 0 Å². The molecule has 17 heavy (non-hydrogen) atoms. The van der Waals surface area contributed by atoms with Gasteiger partial charge in [-0.15, -0.1) is 0 Å². The number of hydrogen-bond acceptors (Lipinski definition) is 4. The molecule has 0 rings (SSSR count). The quantitative estimate of drug-likeness (QED) is 0.453. The molecule has 0 atom stereocenters. The summed E-state index contributed by atoms with van der Waals surface area (Å²) in [6.07, 6.45) is 1.59. The summed E-state index contributed by atoms with van der Waals surface area (Å²) in [6.45, 7) is 4.90. The van der Waals surface area contributed by atoms with Crippen LogP contribution < -0.4 is 5.32 Å². The van der Waals surface area contributed by atoms with Crippen molar-refractivity contribution in [3.63, 3.8) is 0 Å². The smallest absolute Gasteiger partial charge is 0.220 e. The Morgan fingerprint density at radius 1 is 1.24 bits per heavy atom. The molecule has 0 aromatic rings. The maximum absolute atomic E-state index is 11.2. The van der Waals surface area contributed by atoms with Gasteiger partial charge in [0, 0.05) is 31.7 Å². The molecule has 0 fully saturated rings. The Morgan fingerprint density at radius 3 is 2.53 bits per heavy atom. The van der Waals surface area contributed by atoms with Crippen LogP contribution in [-0.2, 0) is 19.1 Å². The Kier molecular flexibility index (Phi) is 9.24. The predicted octanol–water partition coefficient (Wildman–Crippen LogP) is 0.713. The van der Waals surface area contributed by atoms with E-state index in [0.29, 0.717) is 32.5 Å². The summed E-state index contributed by atoms with van der Waals surface area (Å²) in [5.74, 6) is 0.0700. The van der Waals surface area contributed by atoms with Crippen molar-refractivity contribution in [1.29, 1.82) is 0 Å². The Morgan fingerprint density at radius 2 is 1.94 bits per heavy atom. The monoisotopic (exact) mass is 243 g/mol. The van der Waals surface area contributed by atoms with E-state index in [1.807, 2.05) is 13.8 Å². The maximum atomic E-state index is 11.2. The normalized spacial score (nSPS) is 10.3. The van der Waals surface area contributed by atoms with Gasteiger partial charge in [0.15, 0.2) is 0 Å². The van der Waals surface area contributed by atoms with Crippen LogP contribution in [0.4, 0.5) is 0 Å². The van der Waals surface area contributed by atoms with Crippen LogP contribution in [0.15, 0.2) is 0 Å². The lowest BCUT2D eigenvalue weighted by atomic mass is 10.1. The van der Waals surface area contributed by atoms with Crippen molar-refractivity contribution in [2.75, 3.05) is 19.8 Å². The third kappa shape index (κ3) is 9.68. The first kappa shape index (κ1) is 15.8. The van der Waals surface area contributed by atoms with Crippen molar-refractivity contribution < 1.29 is 19.1 Å². The van der Waals surface area contributed by atoms with E-state index in [1.54, 1.807) is 0 Å². The van der Waals surface area contributed by atoms with Crippen molar-refractivity contribution in [3.05, 3.63) is 0 Å². The number of nitrogens with one attached hydrogen (secondary N) is 1. The van der Waals surface area contributed by atoms with Gasteiger partial charge in [-0.05, 0) is 0 Å². The first-order chi connectivity index (χ1) is 8.07. The molecule has 5 nitrogen and oxygen atoms in total. The molecule has 0 radical (unpaired) electrons. The molecule has 0 aromatic carbocycles. The molecule has 0 heterocycles. The van der Waals surface area contributed by atoms with Crippen molar-refractivity contribution in [2.24, 2.45) is 5.92 Å². The molecule has 0 saturated carbocycles. The Hall–Kier alpha value is -1.23. The summed E-state index contributed by atoms with van der Waals surface area (Å²) >= 11 is 0. The fourth-order valence-electron chi connectivity index (χ4n) is 1.10. The highest BCUT2D eigenvalue weighted by atomic mass is 16.5. The third-order valence-corrected chi connectivity index (χ3v) is 2.19. The van der Waals surface area contributed by atoms with Crippen molar-refractivity contribution in [2.45, 2.75) is 33.1 Å². The number of amides is 1. The minimum Gasteiger partial charge on any atom is -0.379 e. The van der Waals surface area contributed by atoms with Gasteiger partial charge in [-0.25, -0.2) is 0 Å². The molecule has 1 N–H and O–H groups in total. The number of carbonyl (C=O) groups excluding carboxylic acids is 3. The first-order valence-electron chi connectivity index (χ1n) is 5.88. The van der Waals surface area contributed by atoms with Gasteiger partial charge in [0.2, 0.25) is 5.91 Å². The molecular formula is C12H21NO4. The second-order valence-corrected chi connectivity index (χ2v) is 4.04. The van der Waals surface area contributed by atoms with Crippen LogP contribution in [0.2, 0.25) is 0 Å². The second kappa shape index (κ2) is 9.96. The Balaban J connectivity index is 3.32. The average molecular weight is 243 g/mol. The Labute approximate surface area is 102 Å². The minimum absolute atomic E-state index is 0.0432. The third-order valence-electron chi connectivity index (χ3n) is 2.19. The lowest BCUT2D eigenvalue weighted by molar-refractivity contribution is -0.124. The largest absolute Gasteiger partial charge is 0.379 e. The van der Waals surface area contributed by atoms with Gasteiger partial charge in [-0.2, -0.15) is 0 Å². The summed E-state index contributed by atoms with van der Waals surface area (Å²) in [4.78, 5) is 32.3. The Bertz CT molecular complexity index is 251. The van der Waals surface area contributed by atoms with E-state index < -0.39 is 0 Å². The van der Waals surface area contributed by atoms with Gasteiger partial charge < -0.3 is 14.8 Å². The van der Waals surface area contributed by atoms with E-state index in [2.05, 4.69) is 5.32 Å². The standard InChI is InChI=1S/C12H21NO4/c1-10(2)11(15)5-8-17-9-6-13-12(16)4-3-7-14/h7,10H,3-6,8-9H2,1-2H3,(H,13,16). The van der Waals surface area contributed by atoms with Crippen LogP contribution in [0.25, 0.3) is 0 Å². The lowest BCUT2D eigenvalue weighted by Gasteiger charge is -2.06. The zero-order valence-electron chi connectivity index (χ0n) is 10.5. The predicted molar refractivity (Wildman–Crippen MR) is 63.6 cm³/mol. The number of Topliss-reactive ketones (excluding diaryl/α,β-unsaturated/α-hetero) is 1. The van der Waals surface area contributed by atoms with Crippen LogP contribution >= 0.6 is 0 Å². The van der Waals surface area contributed by atoms with Crippen LogP contribution in [-0.4, -0.2) is 37.7 Å². The van der Waals surface area contributed by atoms with Crippen molar-refractivity contribution >= 4 is 18.0 Å². The number of aldehydes is 1. The van der Waals surface area contributed by atoms with Crippen LogP contribution in [0, 0.1) is 5.92 Å². The second-order valence-electron chi connectivity index (χ2n) is 4.04. The molecule has 5 heteroatoms. The van der Waals surface area contributed by atoms with Gasteiger partial charge in [-0.3, -0.25) is 9.59 Å². The molecule has 0 saturated heterocycles. The zero-order valence-corrected chi connectivity index (χ0v) is 10.5. The molecule has 0 aliphatic carbocycles. The van der Waals surface area contributed by atoms with E-state index in [9.17, 15) is 14.4 Å². The molecule has 1 amide bonds. The summed E-state index contributed by atoms with van der Waals surface area (Å²) in [5, 5.41) is 2.62. The molecule has 0 aromatic heterocycles. The summed E-state index contributed by atoms with van der Waals surface area (Å²) in [5.41, 5.74) is 0. The zero-order chi connectivity index (χ0) is 13.1. The van der Waals surface area contributed by atoms with Crippen LogP contribution in [0.1, 0.15) is 33.1 Å². The van der Waals surface area contributed by atoms with E-state index >= 15 is 0 Å². The lowest BCUT2D eigenvalue weighted by Crippen LogP contribution is -2.27. The number of carbonyl (C=O) groups is 3. The van der Waals surface area contributed by atoms with Gasteiger partial charge in [0.05, 0.1) is 13.2 Å². The summed E-state index contributed by atoms with van der Waals surface area (Å²) in [6, 6.07) is 0. The molecule has 0 aliphatic rings. The van der Waals surface area contributed by atoms with Gasteiger partial charge in [0.1, 0.15) is 12.1 Å². The van der Waals surface area contributed by atoms with E-state index in [-0.39, 0.29) is 30.4 Å². The molecule has 98 valence electrons. The molecular weight excluding hydrogens is 222 g/mol. The first-order valence-corrected chi connectivity index (χ1v) is 5.88. The SMILES string of the molecule is CC(C)C(=O)CCOCCNC(=O)CCC=O. The van der Waals surface area contributed by atoms with Gasteiger partial charge >= 0.3 is 0 Å². The highest BCUT2D eigenvalue weighted by molar-refractivity contribution is 5.80. The summed E-state index contributed by atoms with van der Waals surface area (Å²) < 4.78 is 5.20. The molecule has 0 bridgehead atoms.